The van der Waals surface area contributed by atoms with Crippen LogP contribution < -0.4 is 5.32 Å². The second-order valence-electron chi connectivity index (χ2n) is 7.03. The van der Waals surface area contributed by atoms with Gasteiger partial charge in [0.25, 0.3) is 0 Å². The molecule has 1 saturated carbocycles. The molecule has 0 aromatic rings. The molecule has 1 aliphatic carbocycles. The summed E-state index contributed by atoms with van der Waals surface area (Å²) < 4.78 is 10.4. The number of nitrogens with one attached hydrogen (secondary N) is 1. The second-order valence-corrected chi connectivity index (χ2v) is 7.03. The van der Waals surface area contributed by atoms with Crippen LogP contribution in [0.3, 0.4) is 0 Å². The predicted molar refractivity (Wildman–Crippen MR) is 103 cm³/mol. The van der Waals surface area contributed by atoms with Crippen LogP contribution in [0.1, 0.15) is 39.5 Å². The number of esters is 1. The van der Waals surface area contributed by atoms with Crippen molar-refractivity contribution in [2.75, 3.05) is 59.6 Å². The molecular formula is C19H36N4O3. The summed E-state index contributed by atoms with van der Waals surface area (Å²) in [6, 6.07) is 0.714. The van der Waals surface area contributed by atoms with E-state index in [1.165, 1.54) is 12.8 Å². The zero-order valence-electron chi connectivity index (χ0n) is 16.7. The van der Waals surface area contributed by atoms with E-state index in [9.17, 15) is 4.79 Å². The lowest BCUT2D eigenvalue weighted by Crippen LogP contribution is -2.48. The van der Waals surface area contributed by atoms with E-state index in [1.54, 1.807) is 7.11 Å². The van der Waals surface area contributed by atoms with Gasteiger partial charge in [-0.3, -0.25) is 14.7 Å². The molecule has 1 aliphatic heterocycles. The first-order valence-electron chi connectivity index (χ1n) is 10.1. The summed E-state index contributed by atoms with van der Waals surface area (Å²) in [5.41, 5.74) is 0. The fourth-order valence-corrected chi connectivity index (χ4v) is 3.46. The second kappa shape index (κ2) is 11.4. The van der Waals surface area contributed by atoms with E-state index in [4.69, 9.17) is 14.5 Å². The van der Waals surface area contributed by atoms with Gasteiger partial charge in [0.1, 0.15) is 0 Å². The highest BCUT2D eigenvalue weighted by molar-refractivity contribution is 5.81. The first kappa shape index (κ1) is 21.0. The van der Waals surface area contributed by atoms with Gasteiger partial charge in [0.15, 0.2) is 5.96 Å². The van der Waals surface area contributed by atoms with E-state index < -0.39 is 0 Å². The quantitative estimate of drug-likeness (QED) is 0.357. The average Bonchev–Trinajstić information content (AvgIpc) is 3.49. The van der Waals surface area contributed by atoms with Crippen LogP contribution in [-0.4, -0.2) is 87.4 Å². The maximum atomic E-state index is 12.1. The van der Waals surface area contributed by atoms with Crippen molar-refractivity contribution in [1.29, 1.82) is 0 Å². The van der Waals surface area contributed by atoms with Gasteiger partial charge in [-0.1, -0.05) is 0 Å². The van der Waals surface area contributed by atoms with Crippen molar-refractivity contribution in [1.82, 2.24) is 15.1 Å². The van der Waals surface area contributed by atoms with Gasteiger partial charge in [0.2, 0.25) is 0 Å². The number of nitrogens with zero attached hydrogens (tertiary/aromatic N) is 3. The fourth-order valence-electron chi connectivity index (χ4n) is 3.46. The van der Waals surface area contributed by atoms with Crippen molar-refractivity contribution in [2.45, 2.75) is 45.6 Å². The normalized spacial score (nSPS) is 21.2. The number of rotatable bonds is 10. The fraction of sp³-hybridized carbons (Fsp3) is 0.895. The topological polar surface area (TPSA) is 66.4 Å². The van der Waals surface area contributed by atoms with Gasteiger partial charge in [-0.2, -0.15) is 0 Å². The number of ether oxygens (including phenoxy) is 2. The molecule has 0 amide bonds. The lowest BCUT2D eigenvalue weighted by molar-refractivity contribution is -0.149. The van der Waals surface area contributed by atoms with E-state index in [2.05, 4.69) is 22.0 Å². The zero-order chi connectivity index (χ0) is 18.8. The Labute approximate surface area is 158 Å². The maximum absolute atomic E-state index is 12.1. The number of likely N-dealkylation sites (tertiary alicyclic amines) is 1. The minimum atomic E-state index is -0.0764. The Bertz CT molecular complexity index is 454. The van der Waals surface area contributed by atoms with Crippen molar-refractivity contribution >= 4 is 11.9 Å². The Morgan fingerprint density at radius 3 is 2.73 bits per heavy atom. The molecule has 150 valence electrons. The number of piperidine rings is 1. The molecule has 7 heteroatoms. The van der Waals surface area contributed by atoms with Crippen LogP contribution in [0.25, 0.3) is 0 Å². The number of guanidine groups is 1. The molecule has 0 aromatic heterocycles. The Balaban J connectivity index is 1.89. The minimum absolute atomic E-state index is 0.0442. The number of hydrogen-bond donors (Lipinski definition) is 1. The molecule has 1 N–H and O–H groups in total. The van der Waals surface area contributed by atoms with Crippen molar-refractivity contribution < 1.29 is 14.3 Å². The summed E-state index contributed by atoms with van der Waals surface area (Å²) in [6.45, 7) is 10.3. The molecule has 2 rings (SSSR count). The summed E-state index contributed by atoms with van der Waals surface area (Å²) in [5.74, 6) is 0.800. The summed E-state index contributed by atoms with van der Waals surface area (Å²) in [7, 11) is 1.75. The highest BCUT2D eigenvalue weighted by atomic mass is 16.5. The Morgan fingerprint density at radius 2 is 2.08 bits per heavy atom. The number of aliphatic imine (C=N–C) groups is 1. The van der Waals surface area contributed by atoms with Crippen LogP contribution in [0.2, 0.25) is 0 Å². The predicted octanol–water partition coefficient (Wildman–Crippen LogP) is 1.34. The van der Waals surface area contributed by atoms with Crippen LogP contribution in [-0.2, 0) is 14.3 Å². The van der Waals surface area contributed by atoms with Crippen LogP contribution in [0.5, 0.6) is 0 Å². The summed E-state index contributed by atoms with van der Waals surface area (Å²) in [6.07, 6.45) is 4.48. The highest BCUT2D eigenvalue weighted by Gasteiger charge is 2.29. The molecule has 1 unspecified atom stereocenters. The molecule has 0 aromatic carbocycles. The van der Waals surface area contributed by atoms with Crippen LogP contribution in [0, 0.1) is 5.92 Å². The number of methoxy groups -OCH3 is 1. The van der Waals surface area contributed by atoms with E-state index in [1.807, 2.05) is 6.92 Å². The molecule has 0 radical (unpaired) electrons. The minimum Gasteiger partial charge on any atom is -0.466 e. The van der Waals surface area contributed by atoms with E-state index in [-0.39, 0.29) is 11.9 Å². The largest absolute Gasteiger partial charge is 0.466 e. The van der Waals surface area contributed by atoms with E-state index in [0.717, 1.165) is 58.1 Å². The molecule has 2 fully saturated rings. The van der Waals surface area contributed by atoms with Crippen molar-refractivity contribution in [3.8, 4) is 0 Å². The molecule has 26 heavy (non-hydrogen) atoms. The molecule has 2 aliphatic rings. The van der Waals surface area contributed by atoms with Gasteiger partial charge in [-0.25, -0.2) is 0 Å². The molecule has 7 nitrogen and oxygen atoms in total. The van der Waals surface area contributed by atoms with Crippen molar-refractivity contribution in [3.63, 3.8) is 0 Å². The van der Waals surface area contributed by atoms with Gasteiger partial charge < -0.3 is 19.7 Å². The first-order valence-corrected chi connectivity index (χ1v) is 10.1. The third-order valence-electron chi connectivity index (χ3n) is 4.97. The summed E-state index contributed by atoms with van der Waals surface area (Å²) in [4.78, 5) is 21.6. The van der Waals surface area contributed by atoms with Crippen molar-refractivity contribution in [3.05, 3.63) is 0 Å². The lowest BCUT2D eigenvalue weighted by Gasteiger charge is -2.34. The Hall–Kier alpha value is -1.34. The van der Waals surface area contributed by atoms with Gasteiger partial charge in [0, 0.05) is 45.9 Å². The third-order valence-corrected chi connectivity index (χ3v) is 4.97. The van der Waals surface area contributed by atoms with Gasteiger partial charge in [0.05, 0.1) is 25.7 Å². The smallest absolute Gasteiger partial charge is 0.310 e. The van der Waals surface area contributed by atoms with E-state index in [0.29, 0.717) is 19.2 Å². The molecular weight excluding hydrogens is 332 g/mol. The van der Waals surface area contributed by atoms with Gasteiger partial charge in [-0.15, -0.1) is 0 Å². The average molecular weight is 369 g/mol. The number of carbonyl (C=O) groups excluding carboxylic acids is 1. The summed E-state index contributed by atoms with van der Waals surface area (Å²) in [5, 5.41) is 3.39. The first-order chi connectivity index (χ1) is 12.7. The lowest BCUT2D eigenvalue weighted by atomic mass is 9.98. The third kappa shape index (κ3) is 6.76. The van der Waals surface area contributed by atoms with E-state index >= 15 is 0 Å². The molecule has 1 heterocycles. The Morgan fingerprint density at radius 1 is 1.27 bits per heavy atom. The standard InChI is InChI=1S/C19H36N4O3/c1-4-20-19(21-10-12-22(13-14-25-3)17-8-9-17)23-11-6-7-16(15-23)18(24)26-5-2/h16-17H,4-15H2,1-3H3,(H,20,21). The molecule has 0 bridgehead atoms. The SMILES string of the molecule is CCNC(=NCCN(CCOC)C1CC1)N1CCCC(C(=O)OCC)C1. The number of carbonyl (C=O) groups is 1. The van der Waals surface area contributed by atoms with Crippen LogP contribution >= 0.6 is 0 Å². The summed E-state index contributed by atoms with van der Waals surface area (Å²) >= 11 is 0. The molecule has 1 saturated heterocycles. The zero-order valence-corrected chi connectivity index (χ0v) is 16.7. The molecule has 1 atom stereocenters. The van der Waals surface area contributed by atoms with Gasteiger partial charge in [-0.05, 0) is 39.5 Å². The maximum Gasteiger partial charge on any atom is 0.310 e. The Kier molecular flexibility index (Phi) is 9.18. The van der Waals surface area contributed by atoms with Crippen LogP contribution in [0.15, 0.2) is 4.99 Å². The van der Waals surface area contributed by atoms with Gasteiger partial charge >= 0.3 is 5.97 Å². The van der Waals surface area contributed by atoms with Crippen molar-refractivity contribution in [2.24, 2.45) is 10.9 Å². The van der Waals surface area contributed by atoms with Crippen LogP contribution in [0.4, 0.5) is 0 Å². The number of hydrogen-bond acceptors (Lipinski definition) is 5. The monoisotopic (exact) mass is 368 g/mol. The highest BCUT2D eigenvalue weighted by Crippen LogP contribution is 2.26. The molecule has 0 spiro atoms.